The van der Waals surface area contributed by atoms with Gasteiger partial charge in [0.2, 0.25) is 0 Å². The molecule has 0 bridgehead atoms. The molecule has 0 fully saturated rings. The van der Waals surface area contributed by atoms with Crippen molar-refractivity contribution in [3.05, 3.63) is 46.0 Å². The van der Waals surface area contributed by atoms with Gasteiger partial charge >= 0.3 is 5.69 Å². The molecule has 0 saturated carbocycles. The lowest BCUT2D eigenvalue weighted by Gasteiger charge is -2.00. The van der Waals surface area contributed by atoms with Crippen LogP contribution in [-0.2, 0) is 14.1 Å². The van der Waals surface area contributed by atoms with Crippen molar-refractivity contribution in [2.75, 3.05) is 0 Å². The normalized spacial score (nSPS) is 10.6. The molecule has 4 heterocycles. The number of aromatic amines is 2. The highest BCUT2D eigenvalue weighted by Crippen LogP contribution is 1.99. The second-order valence-corrected chi connectivity index (χ2v) is 4.47. The average molecular weight is 300 g/mol. The lowest BCUT2D eigenvalue weighted by molar-refractivity contribution is 0.709. The smallest absolute Gasteiger partial charge is 0.332 e. The Labute approximate surface area is 122 Å². The number of aryl methyl sites for hydroxylation is 1. The van der Waals surface area contributed by atoms with Crippen molar-refractivity contribution >= 4 is 22.3 Å². The maximum atomic E-state index is 11.4. The summed E-state index contributed by atoms with van der Waals surface area (Å²) in [6, 6.07) is 0. The zero-order chi connectivity index (χ0) is 15.7. The van der Waals surface area contributed by atoms with Crippen LogP contribution in [0.5, 0.6) is 0 Å². The predicted molar refractivity (Wildman–Crippen MR) is 78.3 cm³/mol. The van der Waals surface area contributed by atoms with Crippen molar-refractivity contribution < 1.29 is 0 Å². The predicted octanol–water partition coefficient (Wildman–Crippen LogP) is -0.687. The molecule has 0 amide bonds. The monoisotopic (exact) mass is 300 g/mol. The van der Waals surface area contributed by atoms with E-state index >= 15 is 0 Å². The highest BCUT2D eigenvalue weighted by Gasteiger charge is 2.08. The third kappa shape index (κ3) is 2.16. The fourth-order valence-electron chi connectivity index (χ4n) is 1.96. The first-order valence-corrected chi connectivity index (χ1v) is 6.27. The number of nitrogens with one attached hydrogen (secondary N) is 2. The van der Waals surface area contributed by atoms with E-state index in [1.807, 2.05) is 0 Å². The van der Waals surface area contributed by atoms with Gasteiger partial charge in [-0.1, -0.05) is 0 Å². The van der Waals surface area contributed by atoms with E-state index in [2.05, 4.69) is 29.9 Å². The van der Waals surface area contributed by atoms with E-state index < -0.39 is 0 Å². The number of nitrogens with zero attached hydrogens (tertiary/aromatic N) is 6. The molecule has 2 N–H and O–H groups in total. The molecule has 0 saturated heterocycles. The fourth-order valence-corrected chi connectivity index (χ4v) is 1.96. The average Bonchev–Trinajstić information content (AvgIpc) is 3.20. The molecule has 0 aliphatic carbocycles. The maximum absolute atomic E-state index is 11.4. The van der Waals surface area contributed by atoms with Crippen LogP contribution in [0.3, 0.4) is 0 Å². The number of aromatic nitrogens is 8. The number of fused-ring (bicyclic) bond motifs is 2. The van der Waals surface area contributed by atoms with Gasteiger partial charge < -0.3 is 9.97 Å². The van der Waals surface area contributed by atoms with Crippen LogP contribution >= 0.6 is 0 Å². The Kier molecular flexibility index (Phi) is 3.26. The Morgan fingerprint density at radius 3 is 2.55 bits per heavy atom. The van der Waals surface area contributed by atoms with Gasteiger partial charge in [-0.05, 0) is 0 Å². The van der Waals surface area contributed by atoms with E-state index in [9.17, 15) is 9.59 Å². The summed E-state index contributed by atoms with van der Waals surface area (Å²) in [5.41, 5.74) is 1.60. The maximum Gasteiger partial charge on any atom is 0.332 e. The molecular weight excluding hydrogens is 288 g/mol. The molecular formula is C12H12N8O2. The Morgan fingerprint density at radius 2 is 1.77 bits per heavy atom. The van der Waals surface area contributed by atoms with Gasteiger partial charge in [0.15, 0.2) is 11.3 Å². The first-order chi connectivity index (χ1) is 10.6. The molecule has 22 heavy (non-hydrogen) atoms. The summed E-state index contributed by atoms with van der Waals surface area (Å²) in [5.74, 6) is 0. The number of H-pyrrole nitrogens is 2. The largest absolute Gasteiger partial charge is 0.339 e. The molecule has 4 rings (SSSR count). The van der Waals surface area contributed by atoms with E-state index in [0.29, 0.717) is 11.2 Å². The highest BCUT2D eigenvalue weighted by atomic mass is 16.2. The van der Waals surface area contributed by atoms with Crippen LogP contribution in [0, 0.1) is 0 Å². The van der Waals surface area contributed by atoms with Crippen LogP contribution in [0.4, 0.5) is 0 Å². The van der Waals surface area contributed by atoms with Gasteiger partial charge in [-0.15, -0.1) is 0 Å². The van der Waals surface area contributed by atoms with Crippen LogP contribution in [0.25, 0.3) is 22.3 Å². The molecule has 0 atom stereocenters. The second kappa shape index (κ2) is 5.24. The van der Waals surface area contributed by atoms with Gasteiger partial charge in [-0.3, -0.25) is 13.9 Å². The van der Waals surface area contributed by atoms with Crippen LogP contribution in [0.1, 0.15) is 0 Å². The summed E-state index contributed by atoms with van der Waals surface area (Å²) in [6.45, 7) is 0. The Morgan fingerprint density at radius 1 is 1.00 bits per heavy atom. The molecule has 0 unspecified atom stereocenters. The number of hydrogen-bond acceptors (Lipinski definition) is 6. The Balaban J connectivity index is 0.000000139. The number of rotatable bonds is 0. The van der Waals surface area contributed by atoms with E-state index in [0.717, 1.165) is 15.7 Å². The molecule has 0 spiro atoms. The quantitative estimate of drug-likeness (QED) is 0.442. The van der Waals surface area contributed by atoms with Crippen molar-refractivity contribution in [1.82, 2.24) is 39.0 Å². The van der Waals surface area contributed by atoms with Gasteiger partial charge in [0, 0.05) is 14.1 Å². The zero-order valence-electron chi connectivity index (χ0n) is 11.8. The van der Waals surface area contributed by atoms with E-state index in [1.54, 1.807) is 19.6 Å². The molecule has 112 valence electrons. The minimum atomic E-state index is -0.371. The molecule has 0 radical (unpaired) electrons. The van der Waals surface area contributed by atoms with Gasteiger partial charge in [0.25, 0.3) is 5.56 Å². The van der Waals surface area contributed by atoms with Gasteiger partial charge in [-0.2, -0.15) is 0 Å². The van der Waals surface area contributed by atoms with Crippen LogP contribution < -0.4 is 11.2 Å². The summed E-state index contributed by atoms with van der Waals surface area (Å²) in [5, 5.41) is 0. The summed E-state index contributed by atoms with van der Waals surface area (Å²) < 4.78 is 2.37. The number of imidazole rings is 2. The minimum absolute atomic E-state index is 0.351. The van der Waals surface area contributed by atoms with E-state index in [1.165, 1.54) is 24.3 Å². The standard InChI is InChI=1S/C7H8N4O2.C5H4N4/c1-10-5-4(8-3-9-5)6(12)11(2)7(10)13;1-4-5(8-2-6-1)9-3-7-4/h3H,1-2H3,(H,8,9);1-3H,(H,6,7,8,9). The molecule has 10 heteroatoms. The first-order valence-electron chi connectivity index (χ1n) is 6.27. The first kappa shape index (κ1) is 13.7. The van der Waals surface area contributed by atoms with Crippen LogP contribution in [0.15, 0.2) is 34.8 Å². The van der Waals surface area contributed by atoms with Crippen molar-refractivity contribution in [1.29, 1.82) is 0 Å². The van der Waals surface area contributed by atoms with Crippen molar-refractivity contribution in [2.45, 2.75) is 0 Å². The topological polar surface area (TPSA) is 127 Å². The van der Waals surface area contributed by atoms with Crippen molar-refractivity contribution in [3.63, 3.8) is 0 Å². The minimum Gasteiger partial charge on any atom is -0.339 e. The molecule has 4 aromatic heterocycles. The Bertz CT molecular complexity index is 1020. The zero-order valence-corrected chi connectivity index (χ0v) is 11.8. The Hall–Kier alpha value is -3.30. The van der Waals surface area contributed by atoms with Crippen LogP contribution in [0.2, 0.25) is 0 Å². The molecule has 0 aliphatic rings. The molecule has 0 aromatic carbocycles. The summed E-state index contributed by atoms with van der Waals surface area (Å²) in [7, 11) is 3.01. The molecule has 4 aromatic rings. The van der Waals surface area contributed by atoms with Crippen molar-refractivity contribution in [3.8, 4) is 0 Å². The van der Waals surface area contributed by atoms with Gasteiger partial charge in [0.05, 0.1) is 18.9 Å². The van der Waals surface area contributed by atoms with Crippen molar-refractivity contribution in [2.24, 2.45) is 14.1 Å². The van der Waals surface area contributed by atoms with Gasteiger partial charge in [0.1, 0.15) is 17.4 Å². The third-order valence-electron chi connectivity index (χ3n) is 3.13. The SMILES string of the molecule is Cn1c(=O)c2[nH]cnc2n(C)c1=O.c1ncc2nc[nH]c2n1. The van der Waals surface area contributed by atoms with E-state index in [-0.39, 0.29) is 11.2 Å². The number of hydrogen-bond donors (Lipinski definition) is 2. The van der Waals surface area contributed by atoms with E-state index in [4.69, 9.17) is 0 Å². The highest BCUT2D eigenvalue weighted by molar-refractivity contribution is 5.68. The fraction of sp³-hybridized carbons (Fsp3) is 0.167. The molecule has 10 nitrogen and oxygen atoms in total. The third-order valence-corrected chi connectivity index (χ3v) is 3.13. The lowest BCUT2D eigenvalue weighted by Crippen LogP contribution is -2.36. The lowest BCUT2D eigenvalue weighted by atomic mass is 10.5. The van der Waals surface area contributed by atoms with Crippen LogP contribution in [-0.4, -0.2) is 39.0 Å². The summed E-state index contributed by atoms with van der Waals surface area (Å²) in [6.07, 6.45) is 6.14. The van der Waals surface area contributed by atoms with Gasteiger partial charge in [-0.25, -0.2) is 24.7 Å². The summed E-state index contributed by atoms with van der Waals surface area (Å²) >= 11 is 0. The molecule has 0 aliphatic heterocycles. The summed E-state index contributed by atoms with van der Waals surface area (Å²) in [4.78, 5) is 43.9. The second-order valence-electron chi connectivity index (χ2n) is 4.47.